The fourth-order valence-corrected chi connectivity index (χ4v) is 1.57. The average molecular weight is 163 g/mol. The third-order valence-corrected chi connectivity index (χ3v) is 2.22. The van der Waals surface area contributed by atoms with Crippen LogP contribution in [0.1, 0.15) is 43.5 Å². The highest BCUT2D eigenvalue weighted by Crippen LogP contribution is 2.19. The first kappa shape index (κ1) is 9.24. The maximum atomic E-state index is 4.41. The molecule has 0 aliphatic heterocycles. The third-order valence-electron chi connectivity index (χ3n) is 2.22. The highest BCUT2D eigenvalue weighted by atomic mass is 14.7. The first-order valence-electron chi connectivity index (χ1n) is 4.61. The van der Waals surface area contributed by atoms with E-state index < -0.39 is 0 Å². The normalized spacial score (nSPS) is 10.8. The Morgan fingerprint density at radius 2 is 2.08 bits per heavy atom. The van der Waals surface area contributed by atoms with Crippen molar-refractivity contribution >= 4 is 0 Å². The molecule has 66 valence electrons. The molecule has 0 unspecified atom stereocenters. The van der Waals surface area contributed by atoms with Crippen LogP contribution in [-0.2, 0) is 6.42 Å². The van der Waals surface area contributed by atoms with Gasteiger partial charge >= 0.3 is 0 Å². The van der Waals surface area contributed by atoms with E-state index in [2.05, 4.69) is 38.7 Å². The molecule has 0 saturated heterocycles. The average Bonchev–Trinajstić information content (AvgIpc) is 2.03. The zero-order chi connectivity index (χ0) is 9.14. The van der Waals surface area contributed by atoms with Crippen LogP contribution in [0.15, 0.2) is 12.3 Å². The smallest absolute Gasteiger partial charge is 0.0463 e. The SMILES string of the molecule is CCc1c(C)ccnc1C(C)C. The van der Waals surface area contributed by atoms with Gasteiger partial charge in [0.2, 0.25) is 0 Å². The second-order valence-electron chi connectivity index (χ2n) is 3.50. The molecule has 1 aromatic rings. The summed E-state index contributed by atoms with van der Waals surface area (Å²) >= 11 is 0. The van der Waals surface area contributed by atoms with Gasteiger partial charge in [0.1, 0.15) is 0 Å². The van der Waals surface area contributed by atoms with Crippen LogP contribution in [0.25, 0.3) is 0 Å². The van der Waals surface area contributed by atoms with Gasteiger partial charge in [0.15, 0.2) is 0 Å². The summed E-state index contributed by atoms with van der Waals surface area (Å²) in [5.74, 6) is 0.542. The van der Waals surface area contributed by atoms with Gasteiger partial charge in [-0.1, -0.05) is 20.8 Å². The van der Waals surface area contributed by atoms with E-state index in [0.717, 1.165) is 6.42 Å². The standard InChI is InChI=1S/C11H17N/c1-5-10-9(4)6-7-12-11(10)8(2)3/h6-8H,5H2,1-4H3. The molecule has 0 spiro atoms. The number of aryl methyl sites for hydroxylation is 1. The minimum atomic E-state index is 0.542. The molecule has 1 rings (SSSR count). The van der Waals surface area contributed by atoms with E-state index in [1.165, 1.54) is 16.8 Å². The lowest BCUT2D eigenvalue weighted by atomic mass is 9.98. The largest absolute Gasteiger partial charge is 0.261 e. The molecule has 0 saturated carbocycles. The van der Waals surface area contributed by atoms with E-state index in [9.17, 15) is 0 Å². The summed E-state index contributed by atoms with van der Waals surface area (Å²) in [6.07, 6.45) is 3.00. The van der Waals surface area contributed by atoms with Crippen LogP contribution in [-0.4, -0.2) is 4.98 Å². The third kappa shape index (κ3) is 1.66. The fourth-order valence-electron chi connectivity index (χ4n) is 1.57. The Balaban J connectivity index is 3.18. The molecule has 0 fully saturated rings. The van der Waals surface area contributed by atoms with Gasteiger partial charge in [0.05, 0.1) is 0 Å². The quantitative estimate of drug-likeness (QED) is 0.653. The summed E-state index contributed by atoms with van der Waals surface area (Å²) in [5.41, 5.74) is 4.06. The van der Waals surface area contributed by atoms with Crippen molar-refractivity contribution < 1.29 is 0 Å². The Morgan fingerprint density at radius 1 is 1.42 bits per heavy atom. The van der Waals surface area contributed by atoms with Gasteiger partial charge in [0, 0.05) is 11.9 Å². The molecule has 0 aliphatic rings. The van der Waals surface area contributed by atoms with Crippen molar-refractivity contribution in [3.63, 3.8) is 0 Å². The monoisotopic (exact) mass is 163 g/mol. The summed E-state index contributed by atoms with van der Waals surface area (Å²) in [6, 6.07) is 2.09. The van der Waals surface area contributed by atoms with Crippen LogP contribution in [0.2, 0.25) is 0 Å². The lowest BCUT2D eigenvalue weighted by molar-refractivity contribution is 0.795. The van der Waals surface area contributed by atoms with Crippen molar-refractivity contribution in [1.29, 1.82) is 0 Å². The molecule has 0 radical (unpaired) electrons. The number of nitrogens with zero attached hydrogens (tertiary/aromatic N) is 1. The number of pyridine rings is 1. The molecule has 1 nitrogen and oxygen atoms in total. The van der Waals surface area contributed by atoms with E-state index in [4.69, 9.17) is 0 Å². The van der Waals surface area contributed by atoms with Crippen LogP contribution < -0.4 is 0 Å². The molecule has 0 bridgehead atoms. The number of rotatable bonds is 2. The number of hydrogen-bond acceptors (Lipinski definition) is 1. The van der Waals surface area contributed by atoms with Crippen molar-refractivity contribution in [3.05, 3.63) is 29.1 Å². The van der Waals surface area contributed by atoms with Crippen LogP contribution in [0.4, 0.5) is 0 Å². The van der Waals surface area contributed by atoms with Gasteiger partial charge in [-0.05, 0) is 36.5 Å². The molecule has 0 atom stereocenters. The van der Waals surface area contributed by atoms with Crippen molar-refractivity contribution in [2.45, 2.75) is 40.0 Å². The summed E-state index contributed by atoms with van der Waals surface area (Å²) in [7, 11) is 0. The zero-order valence-corrected chi connectivity index (χ0v) is 8.39. The Hall–Kier alpha value is -0.850. The van der Waals surface area contributed by atoms with Gasteiger partial charge in [-0.25, -0.2) is 0 Å². The predicted octanol–water partition coefficient (Wildman–Crippen LogP) is 3.08. The van der Waals surface area contributed by atoms with E-state index in [1.54, 1.807) is 0 Å². The summed E-state index contributed by atoms with van der Waals surface area (Å²) in [5, 5.41) is 0. The first-order valence-corrected chi connectivity index (χ1v) is 4.61. The van der Waals surface area contributed by atoms with Gasteiger partial charge < -0.3 is 0 Å². The van der Waals surface area contributed by atoms with Gasteiger partial charge in [-0.2, -0.15) is 0 Å². The number of aromatic nitrogens is 1. The Kier molecular flexibility index (Phi) is 2.85. The van der Waals surface area contributed by atoms with E-state index in [0.29, 0.717) is 5.92 Å². The van der Waals surface area contributed by atoms with Crippen LogP contribution >= 0.6 is 0 Å². The highest BCUT2D eigenvalue weighted by Gasteiger charge is 2.07. The molecule has 1 heteroatoms. The minimum absolute atomic E-state index is 0.542. The molecule has 0 N–H and O–H groups in total. The molecule has 12 heavy (non-hydrogen) atoms. The number of hydrogen-bond donors (Lipinski definition) is 0. The summed E-state index contributed by atoms with van der Waals surface area (Å²) < 4.78 is 0. The van der Waals surface area contributed by atoms with E-state index in [1.807, 2.05) is 6.20 Å². The minimum Gasteiger partial charge on any atom is -0.261 e. The molecule has 1 aromatic heterocycles. The van der Waals surface area contributed by atoms with Crippen molar-refractivity contribution in [2.24, 2.45) is 0 Å². The first-order chi connectivity index (χ1) is 5.66. The van der Waals surface area contributed by atoms with Gasteiger partial charge in [-0.15, -0.1) is 0 Å². The highest BCUT2D eigenvalue weighted by molar-refractivity contribution is 5.30. The topological polar surface area (TPSA) is 12.9 Å². The summed E-state index contributed by atoms with van der Waals surface area (Å²) in [6.45, 7) is 8.74. The van der Waals surface area contributed by atoms with Crippen molar-refractivity contribution in [2.75, 3.05) is 0 Å². The van der Waals surface area contributed by atoms with Crippen LogP contribution in [0.3, 0.4) is 0 Å². The van der Waals surface area contributed by atoms with Crippen LogP contribution in [0.5, 0.6) is 0 Å². The lowest BCUT2D eigenvalue weighted by Crippen LogP contribution is -2.00. The zero-order valence-electron chi connectivity index (χ0n) is 8.39. The molecule has 0 amide bonds. The van der Waals surface area contributed by atoms with Crippen LogP contribution in [0, 0.1) is 6.92 Å². The molecule has 0 aromatic carbocycles. The van der Waals surface area contributed by atoms with Crippen molar-refractivity contribution in [3.8, 4) is 0 Å². The molecular weight excluding hydrogens is 146 g/mol. The van der Waals surface area contributed by atoms with E-state index in [-0.39, 0.29) is 0 Å². The Morgan fingerprint density at radius 3 is 2.50 bits per heavy atom. The molecule has 1 heterocycles. The predicted molar refractivity (Wildman–Crippen MR) is 52.4 cm³/mol. The van der Waals surface area contributed by atoms with Gasteiger partial charge in [0.25, 0.3) is 0 Å². The Labute approximate surface area is 74.8 Å². The second kappa shape index (κ2) is 3.70. The van der Waals surface area contributed by atoms with Crippen molar-refractivity contribution in [1.82, 2.24) is 4.98 Å². The fraction of sp³-hybridized carbons (Fsp3) is 0.545. The second-order valence-corrected chi connectivity index (χ2v) is 3.50. The van der Waals surface area contributed by atoms with E-state index >= 15 is 0 Å². The summed E-state index contributed by atoms with van der Waals surface area (Å²) in [4.78, 5) is 4.41. The maximum absolute atomic E-state index is 4.41. The van der Waals surface area contributed by atoms with Gasteiger partial charge in [-0.3, -0.25) is 4.98 Å². The Bertz CT molecular complexity index is 264. The lowest BCUT2D eigenvalue weighted by Gasteiger charge is -2.11. The maximum Gasteiger partial charge on any atom is 0.0463 e. The molecular formula is C11H17N. The molecule has 0 aliphatic carbocycles.